The van der Waals surface area contributed by atoms with E-state index in [0.717, 1.165) is 36.1 Å². The predicted molar refractivity (Wildman–Crippen MR) is 67.5 cm³/mol. The van der Waals surface area contributed by atoms with Crippen LogP contribution in [-0.2, 0) is 13.0 Å². The summed E-state index contributed by atoms with van der Waals surface area (Å²) >= 11 is 0. The van der Waals surface area contributed by atoms with Gasteiger partial charge in [-0.15, -0.1) is 0 Å². The molecule has 2 nitrogen and oxygen atoms in total. The van der Waals surface area contributed by atoms with Crippen molar-refractivity contribution in [3.63, 3.8) is 0 Å². The molecule has 0 spiro atoms. The highest BCUT2D eigenvalue weighted by Crippen LogP contribution is 2.28. The molecule has 17 heavy (non-hydrogen) atoms. The number of furan rings is 1. The molecular weight excluding hydrogens is 217 g/mol. The fraction of sp³-hybridized carbons (Fsp3) is 0.429. The van der Waals surface area contributed by atoms with Gasteiger partial charge in [0.05, 0.1) is 6.54 Å². The molecule has 1 heterocycles. The first kappa shape index (κ1) is 12.1. The minimum atomic E-state index is -0.279. The van der Waals surface area contributed by atoms with Gasteiger partial charge in [0.15, 0.2) is 11.4 Å². The summed E-state index contributed by atoms with van der Waals surface area (Å²) in [6, 6.07) is 5.09. The number of aryl methyl sites for hydroxylation is 1. The summed E-state index contributed by atoms with van der Waals surface area (Å²) in [7, 11) is 0. The van der Waals surface area contributed by atoms with Crippen molar-refractivity contribution in [2.45, 2.75) is 33.2 Å². The van der Waals surface area contributed by atoms with Gasteiger partial charge < -0.3 is 9.73 Å². The quantitative estimate of drug-likeness (QED) is 0.800. The molecule has 0 unspecified atom stereocenters. The highest BCUT2D eigenvalue weighted by atomic mass is 19.1. The van der Waals surface area contributed by atoms with E-state index in [0.29, 0.717) is 12.1 Å². The van der Waals surface area contributed by atoms with Gasteiger partial charge in [0.2, 0.25) is 0 Å². The molecule has 1 aromatic carbocycles. The fourth-order valence-electron chi connectivity index (χ4n) is 2.09. The number of para-hydroxylation sites is 1. The number of halogens is 1. The average molecular weight is 235 g/mol. The normalized spacial score (nSPS) is 11.2. The Kier molecular flexibility index (Phi) is 3.79. The second-order valence-electron chi connectivity index (χ2n) is 4.15. The summed E-state index contributed by atoms with van der Waals surface area (Å²) in [5.41, 5.74) is 1.50. The van der Waals surface area contributed by atoms with Crippen LogP contribution < -0.4 is 5.32 Å². The molecule has 2 aromatic rings. The molecule has 92 valence electrons. The van der Waals surface area contributed by atoms with Crippen molar-refractivity contribution in [3.05, 3.63) is 35.3 Å². The molecule has 0 aliphatic heterocycles. The molecule has 0 fully saturated rings. The van der Waals surface area contributed by atoms with E-state index < -0.39 is 0 Å². The zero-order valence-electron chi connectivity index (χ0n) is 10.3. The lowest BCUT2D eigenvalue weighted by atomic mass is 10.1. The van der Waals surface area contributed by atoms with Crippen LogP contribution in [-0.4, -0.2) is 6.54 Å². The van der Waals surface area contributed by atoms with E-state index in [4.69, 9.17) is 4.42 Å². The van der Waals surface area contributed by atoms with Crippen molar-refractivity contribution < 1.29 is 8.81 Å². The molecule has 2 rings (SSSR count). The van der Waals surface area contributed by atoms with Crippen molar-refractivity contribution in [2.24, 2.45) is 0 Å². The number of hydrogen-bond donors (Lipinski definition) is 1. The molecule has 0 amide bonds. The van der Waals surface area contributed by atoms with Gasteiger partial charge in [-0.1, -0.05) is 26.0 Å². The maximum Gasteiger partial charge on any atom is 0.170 e. The SMILES string of the molecule is CCCNCc1oc2c(F)cccc2c1CC. The molecular formula is C14H18FNO. The fourth-order valence-corrected chi connectivity index (χ4v) is 2.09. The first-order chi connectivity index (χ1) is 8.27. The van der Waals surface area contributed by atoms with Crippen LogP contribution in [0.4, 0.5) is 4.39 Å². The van der Waals surface area contributed by atoms with E-state index >= 15 is 0 Å². The van der Waals surface area contributed by atoms with E-state index in [1.54, 1.807) is 6.07 Å². The molecule has 0 saturated heterocycles. The zero-order valence-corrected chi connectivity index (χ0v) is 10.3. The van der Waals surface area contributed by atoms with Crippen molar-refractivity contribution in [3.8, 4) is 0 Å². The minimum Gasteiger partial charge on any atom is -0.456 e. The Morgan fingerprint density at radius 2 is 2.12 bits per heavy atom. The molecule has 1 N–H and O–H groups in total. The standard InChI is InChI=1S/C14H18FNO/c1-3-8-16-9-13-10(4-2)11-6-5-7-12(15)14(11)17-13/h5-7,16H,3-4,8-9H2,1-2H3. The lowest BCUT2D eigenvalue weighted by Gasteiger charge is -2.01. The Morgan fingerprint density at radius 1 is 1.29 bits per heavy atom. The lowest BCUT2D eigenvalue weighted by Crippen LogP contribution is -2.14. The summed E-state index contributed by atoms with van der Waals surface area (Å²) in [6.07, 6.45) is 1.94. The first-order valence-electron chi connectivity index (χ1n) is 6.17. The van der Waals surface area contributed by atoms with Crippen LogP contribution >= 0.6 is 0 Å². The van der Waals surface area contributed by atoms with Gasteiger partial charge in [0.1, 0.15) is 5.76 Å². The van der Waals surface area contributed by atoms with Gasteiger partial charge >= 0.3 is 0 Å². The van der Waals surface area contributed by atoms with Crippen molar-refractivity contribution in [2.75, 3.05) is 6.54 Å². The molecule has 0 aliphatic carbocycles. The molecule has 0 bridgehead atoms. The number of benzene rings is 1. The van der Waals surface area contributed by atoms with E-state index in [1.165, 1.54) is 6.07 Å². The molecule has 1 aromatic heterocycles. The van der Waals surface area contributed by atoms with E-state index in [2.05, 4.69) is 19.2 Å². The lowest BCUT2D eigenvalue weighted by molar-refractivity contribution is 0.491. The van der Waals surface area contributed by atoms with E-state index in [-0.39, 0.29) is 5.82 Å². The molecule has 0 radical (unpaired) electrons. The van der Waals surface area contributed by atoms with Crippen LogP contribution in [0.15, 0.2) is 22.6 Å². The van der Waals surface area contributed by atoms with Crippen LogP contribution in [0.5, 0.6) is 0 Å². The first-order valence-corrected chi connectivity index (χ1v) is 6.17. The smallest absolute Gasteiger partial charge is 0.170 e. The molecule has 0 saturated carbocycles. The van der Waals surface area contributed by atoms with Crippen LogP contribution in [0, 0.1) is 5.82 Å². The van der Waals surface area contributed by atoms with Crippen LogP contribution in [0.25, 0.3) is 11.0 Å². The Labute approximate surface area is 101 Å². The van der Waals surface area contributed by atoms with Gasteiger partial charge in [0.25, 0.3) is 0 Å². The van der Waals surface area contributed by atoms with Gasteiger partial charge in [-0.05, 0) is 25.5 Å². The summed E-state index contributed by atoms with van der Waals surface area (Å²) < 4.78 is 19.2. The van der Waals surface area contributed by atoms with Crippen molar-refractivity contribution in [1.29, 1.82) is 0 Å². The summed E-state index contributed by atoms with van der Waals surface area (Å²) in [5, 5.41) is 4.19. The Hall–Kier alpha value is -1.35. The number of fused-ring (bicyclic) bond motifs is 1. The molecule has 3 heteroatoms. The maximum atomic E-state index is 13.6. The number of hydrogen-bond acceptors (Lipinski definition) is 2. The third-order valence-corrected chi connectivity index (χ3v) is 2.92. The van der Waals surface area contributed by atoms with E-state index in [1.807, 2.05) is 6.07 Å². The van der Waals surface area contributed by atoms with Crippen molar-refractivity contribution >= 4 is 11.0 Å². The molecule has 0 aliphatic rings. The summed E-state index contributed by atoms with van der Waals surface area (Å²) in [4.78, 5) is 0. The third-order valence-electron chi connectivity index (χ3n) is 2.92. The largest absolute Gasteiger partial charge is 0.456 e. The van der Waals surface area contributed by atoms with Gasteiger partial charge in [-0.2, -0.15) is 0 Å². The Bertz CT molecular complexity index is 504. The number of rotatable bonds is 5. The second kappa shape index (κ2) is 5.32. The van der Waals surface area contributed by atoms with Gasteiger partial charge in [-0.25, -0.2) is 4.39 Å². The highest BCUT2D eigenvalue weighted by molar-refractivity contribution is 5.82. The second-order valence-corrected chi connectivity index (χ2v) is 4.15. The van der Waals surface area contributed by atoms with Crippen molar-refractivity contribution in [1.82, 2.24) is 5.32 Å². The topological polar surface area (TPSA) is 25.2 Å². The highest BCUT2D eigenvalue weighted by Gasteiger charge is 2.14. The summed E-state index contributed by atoms with van der Waals surface area (Å²) in [6.45, 7) is 5.80. The third kappa shape index (κ3) is 2.34. The Morgan fingerprint density at radius 3 is 2.82 bits per heavy atom. The van der Waals surface area contributed by atoms with Gasteiger partial charge in [0, 0.05) is 10.9 Å². The summed E-state index contributed by atoms with van der Waals surface area (Å²) in [5.74, 6) is 0.583. The zero-order chi connectivity index (χ0) is 12.3. The Balaban J connectivity index is 2.38. The minimum absolute atomic E-state index is 0.279. The van der Waals surface area contributed by atoms with Crippen LogP contribution in [0.3, 0.4) is 0 Å². The van der Waals surface area contributed by atoms with Gasteiger partial charge in [-0.3, -0.25) is 0 Å². The predicted octanol–water partition coefficient (Wildman–Crippen LogP) is 3.63. The number of nitrogens with one attached hydrogen (secondary N) is 1. The van der Waals surface area contributed by atoms with E-state index in [9.17, 15) is 4.39 Å². The average Bonchev–Trinajstić information content (AvgIpc) is 2.69. The maximum absolute atomic E-state index is 13.6. The molecule has 0 atom stereocenters. The monoisotopic (exact) mass is 235 g/mol. The van der Waals surface area contributed by atoms with Crippen LogP contribution in [0.2, 0.25) is 0 Å². The van der Waals surface area contributed by atoms with Crippen LogP contribution in [0.1, 0.15) is 31.6 Å².